The highest BCUT2D eigenvalue weighted by atomic mass is 35.5. The molecule has 3 heteroatoms. The number of hydrogen-bond acceptors (Lipinski definition) is 2. The molecule has 0 amide bonds. The first-order chi connectivity index (χ1) is 8.60. The highest BCUT2D eigenvalue weighted by molar-refractivity contribution is 6.32. The van der Waals surface area contributed by atoms with Gasteiger partial charge in [0.1, 0.15) is 5.75 Å². The van der Waals surface area contributed by atoms with Gasteiger partial charge in [-0.2, -0.15) is 0 Å². The standard InChI is InChI=1S/C15H13ClO2/c1-10-2-4-11(5-3-10)6-12-7-13(9-17)15(18)14(16)8-12/h2-5,7-9,18H,6H2,1H3. The zero-order valence-electron chi connectivity index (χ0n) is 9.98. The van der Waals surface area contributed by atoms with Crippen molar-refractivity contribution in [2.75, 3.05) is 0 Å². The number of aryl methyl sites for hydroxylation is 1. The number of carbonyl (C=O) groups is 1. The molecular weight excluding hydrogens is 248 g/mol. The summed E-state index contributed by atoms with van der Waals surface area (Å²) < 4.78 is 0. The van der Waals surface area contributed by atoms with Gasteiger partial charge in [0.05, 0.1) is 10.6 Å². The van der Waals surface area contributed by atoms with Crippen LogP contribution in [0.3, 0.4) is 0 Å². The molecule has 2 rings (SSSR count). The predicted molar refractivity (Wildman–Crippen MR) is 72.5 cm³/mol. The summed E-state index contributed by atoms with van der Waals surface area (Å²) >= 11 is 5.88. The molecular formula is C15H13ClO2. The summed E-state index contributed by atoms with van der Waals surface area (Å²) in [7, 11) is 0. The number of phenolic OH excluding ortho intramolecular Hbond substituents is 1. The molecule has 0 fully saturated rings. The zero-order chi connectivity index (χ0) is 13.1. The van der Waals surface area contributed by atoms with E-state index in [0.717, 1.165) is 11.1 Å². The molecule has 2 nitrogen and oxygen atoms in total. The second kappa shape index (κ2) is 5.23. The largest absolute Gasteiger partial charge is 0.506 e. The lowest BCUT2D eigenvalue weighted by atomic mass is 10.0. The molecule has 0 saturated carbocycles. The van der Waals surface area contributed by atoms with Crippen molar-refractivity contribution in [2.45, 2.75) is 13.3 Å². The second-order valence-electron chi connectivity index (χ2n) is 4.30. The van der Waals surface area contributed by atoms with Crippen molar-refractivity contribution in [2.24, 2.45) is 0 Å². The van der Waals surface area contributed by atoms with Crippen LogP contribution >= 0.6 is 11.6 Å². The van der Waals surface area contributed by atoms with Crippen molar-refractivity contribution < 1.29 is 9.90 Å². The summed E-state index contributed by atoms with van der Waals surface area (Å²) in [6, 6.07) is 11.5. The highest BCUT2D eigenvalue weighted by Gasteiger charge is 2.08. The first-order valence-electron chi connectivity index (χ1n) is 5.62. The SMILES string of the molecule is Cc1ccc(Cc2cc(Cl)c(O)c(C=O)c2)cc1. The minimum absolute atomic E-state index is 0.153. The van der Waals surface area contributed by atoms with Gasteiger partial charge in [-0.15, -0.1) is 0 Å². The fraction of sp³-hybridized carbons (Fsp3) is 0.133. The molecule has 0 saturated heterocycles. The van der Waals surface area contributed by atoms with Gasteiger partial charge < -0.3 is 5.11 Å². The maximum atomic E-state index is 10.8. The Bertz CT molecular complexity index is 574. The average Bonchev–Trinajstić information content (AvgIpc) is 2.36. The number of carbonyl (C=O) groups excluding carboxylic acids is 1. The normalized spacial score (nSPS) is 10.3. The van der Waals surface area contributed by atoms with E-state index in [1.165, 1.54) is 5.56 Å². The molecule has 2 aromatic rings. The molecule has 0 spiro atoms. The van der Waals surface area contributed by atoms with E-state index in [4.69, 9.17) is 11.6 Å². The zero-order valence-corrected chi connectivity index (χ0v) is 10.7. The molecule has 0 unspecified atom stereocenters. The van der Waals surface area contributed by atoms with Crippen LogP contribution in [0.25, 0.3) is 0 Å². The molecule has 0 atom stereocenters. The van der Waals surface area contributed by atoms with E-state index in [9.17, 15) is 9.90 Å². The lowest BCUT2D eigenvalue weighted by Gasteiger charge is -2.06. The topological polar surface area (TPSA) is 37.3 Å². The number of benzene rings is 2. The Morgan fingerprint density at radius 2 is 1.83 bits per heavy atom. The Hall–Kier alpha value is -1.80. The van der Waals surface area contributed by atoms with Crippen molar-refractivity contribution >= 4 is 17.9 Å². The van der Waals surface area contributed by atoms with E-state index in [1.54, 1.807) is 12.1 Å². The number of hydrogen-bond donors (Lipinski definition) is 1. The smallest absolute Gasteiger partial charge is 0.153 e. The van der Waals surface area contributed by atoms with Gasteiger partial charge in [0.25, 0.3) is 0 Å². The fourth-order valence-corrected chi connectivity index (χ4v) is 2.06. The van der Waals surface area contributed by atoms with Crippen molar-refractivity contribution in [1.29, 1.82) is 0 Å². The summed E-state index contributed by atoms with van der Waals surface area (Å²) in [5.41, 5.74) is 3.48. The van der Waals surface area contributed by atoms with Crippen LogP contribution in [-0.4, -0.2) is 11.4 Å². The molecule has 92 valence electrons. The average molecular weight is 261 g/mol. The van der Waals surface area contributed by atoms with E-state index in [0.29, 0.717) is 12.7 Å². The first-order valence-corrected chi connectivity index (χ1v) is 6.00. The van der Waals surface area contributed by atoms with Crippen LogP contribution in [0.1, 0.15) is 27.0 Å². The Labute approximate surface area is 111 Å². The Morgan fingerprint density at radius 1 is 1.17 bits per heavy atom. The number of phenols is 1. The van der Waals surface area contributed by atoms with Crippen molar-refractivity contribution in [3.05, 3.63) is 63.7 Å². The molecule has 0 radical (unpaired) electrons. The minimum atomic E-state index is -0.153. The molecule has 0 bridgehead atoms. The Balaban J connectivity index is 2.32. The third-order valence-corrected chi connectivity index (χ3v) is 3.10. The van der Waals surface area contributed by atoms with Crippen LogP contribution in [0.5, 0.6) is 5.75 Å². The van der Waals surface area contributed by atoms with Gasteiger partial charge in [0.2, 0.25) is 0 Å². The van der Waals surface area contributed by atoms with Gasteiger partial charge in [-0.3, -0.25) is 4.79 Å². The van der Waals surface area contributed by atoms with E-state index < -0.39 is 0 Å². The summed E-state index contributed by atoms with van der Waals surface area (Å²) in [5.74, 6) is -0.153. The van der Waals surface area contributed by atoms with E-state index in [2.05, 4.69) is 0 Å². The van der Waals surface area contributed by atoms with Crippen LogP contribution in [0.15, 0.2) is 36.4 Å². The molecule has 1 N–H and O–H groups in total. The quantitative estimate of drug-likeness (QED) is 0.854. The third-order valence-electron chi connectivity index (χ3n) is 2.81. The number of rotatable bonds is 3. The van der Waals surface area contributed by atoms with E-state index in [-0.39, 0.29) is 16.3 Å². The maximum absolute atomic E-state index is 10.8. The lowest BCUT2D eigenvalue weighted by molar-refractivity contribution is 0.112. The molecule has 0 aliphatic rings. The van der Waals surface area contributed by atoms with Crippen LogP contribution in [0.2, 0.25) is 5.02 Å². The maximum Gasteiger partial charge on any atom is 0.153 e. The number of halogens is 1. The molecule has 18 heavy (non-hydrogen) atoms. The highest BCUT2D eigenvalue weighted by Crippen LogP contribution is 2.28. The number of aromatic hydroxyl groups is 1. The molecule has 0 aliphatic carbocycles. The van der Waals surface area contributed by atoms with Crippen molar-refractivity contribution in [3.8, 4) is 5.75 Å². The number of aldehydes is 1. The van der Waals surface area contributed by atoms with Gasteiger partial charge in [-0.25, -0.2) is 0 Å². The van der Waals surface area contributed by atoms with Crippen LogP contribution in [0.4, 0.5) is 0 Å². The van der Waals surface area contributed by atoms with Crippen LogP contribution < -0.4 is 0 Å². The van der Waals surface area contributed by atoms with Crippen molar-refractivity contribution in [1.82, 2.24) is 0 Å². The van der Waals surface area contributed by atoms with Gasteiger partial charge in [-0.05, 0) is 36.6 Å². The van der Waals surface area contributed by atoms with Gasteiger partial charge in [0.15, 0.2) is 6.29 Å². The van der Waals surface area contributed by atoms with Gasteiger partial charge in [0, 0.05) is 0 Å². The first kappa shape index (κ1) is 12.7. The molecule has 0 aliphatic heterocycles. The van der Waals surface area contributed by atoms with Gasteiger partial charge >= 0.3 is 0 Å². The van der Waals surface area contributed by atoms with Crippen LogP contribution in [-0.2, 0) is 6.42 Å². The minimum Gasteiger partial charge on any atom is -0.506 e. The Kier molecular flexibility index (Phi) is 3.68. The lowest BCUT2D eigenvalue weighted by Crippen LogP contribution is -1.92. The Morgan fingerprint density at radius 3 is 2.44 bits per heavy atom. The second-order valence-corrected chi connectivity index (χ2v) is 4.70. The molecule has 0 aromatic heterocycles. The summed E-state index contributed by atoms with van der Waals surface area (Å²) in [6.45, 7) is 2.03. The third kappa shape index (κ3) is 2.71. The van der Waals surface area contributed by atoms with Gasteiger partial charge in [-0.1, -0.05) is 41.4 Å². The van der Waals surface area contributed by atoms with E-state index >= 15 is 0 Å². The molecule has 0 heterocycles. The van der Waals surface area contributed by atoms with Crippen molar-refractivity contribution in [3.63, 3.8) is 0 Å². The molecule has 2 aromatic carbocycles. The summed E-state index contributed by atoms with van der Waals surface area (Å²) in [5, 5.41) is 9.77. The predicted octanol–water partition coefficient (Wildman–Crippen LogP) is 3.76. The summed E-state index contributed by atoms with van der Waals surface area (Å²) in [6.07, 6.45) is 1.29. The monoisotopic (exact) mass is 260 g/mol. The fourth-order valence-electron chi connectivity index (χ4n) is 1.81. The van der Waals surface area contributed by atoms with Crippen LogP contribution in [0, 0.1) is 6.92 Å². The van der Waals surface area contributed by atoms with E-state index in [1.807, 2.05) is 31.2 Å². The summed E-state index contributed by atoms with van der Waals surface area (Å²) in [4.78, 5) is 10.8.